The molecule has 0 fully saturated rings. The number of hydrogen-bond acceptors (Lipinski definition) is 4. The lowest BCUT2D eigenvalue weighted by Gasteiger charge is -2.43. The van der Waals surface area contributed by atoms with Gasteiger partial charge in [-0.2, -0.15) is 78.9 Å². The summed E-state index contributed by atoms with van der Waals surface area (Å²) in [6, 6.07) is 0. The fourth-order valence-corrected chi connectivity index (χ4v) is 3.82. The summed E-state index contributed by atoms with van der Waals surface area (Å²) < 4.78 is 253. The van der Waals surface area contributed by atoms with Crippen LogP contribution in [0, 0.1) is 0 Å². The minimum Gasteiger partial charge on any atom is -0.466 e. The van der Waals surface area contributed by atoms with Gasteiger partial charge in [0.25, 0.3) is 10.0 Å². The van der Waals surface area contributed by atoms with E-state index in [1.165, 1.54) is 0 Å². The Bertz CT molecular complexity index is 961. The summed E-state index contributed by atoms with van der Waals surface area (Å²) in [5.41, 5.74) is 0. The molecule has 0 bridgehead atoms. The van der Waals surface area contributed by atoms with Crippen LogP contribution in [0.5, 0.6) is 0 Å². The highest BCUT2D eigenvalue weighted by Crippen LogP contribution is 2.64. The molecule has 0 unspecified atom stereocenters. The monoisotopic (exact) mass is 627 g/mol. The van der Waals surface area contributed by atoms with Crippen molar-refractivity contribution in [2.45, 2.75) is 67.2 Å². The van der Waals surface area contributed by atoms with Crippen LogP contribution in [0.1, 0.15) is 20.3 Å². The van der Waals surface area contributed by atoms with Crippen LogP contribution < -0.4 is 0 Å². The first-order valence-electron chi connectivity index (χ1n) is 9.28. The molecule has 228 valence electrons. The van der Waals surface area contributed by atoms with Gasteiger partial charge in [-0.3, -0.25) is 4.79 Å². The summed E-state index contributed by atoms with van der Waals surface area (Å²) in [6.45, 7) is -1.79. The van der Waals surface area contributed by atoms with Gasteiger partial charge in [0.1, 0.15) is 0 Å². The lowest BCUT2D eigenvalue weighted by Crippen LogP contribution is -2.75. The van der Waals surface area contributed by atoms with Crippen LogP contribution in [-0.2, 0) is 19.6 Å². The maximum Gasteiger partial charge on any atom is 0.460 e. The number of nitrogens with zero attached hydrogens (tertiary/aromatic N) is 1. The highest BCUT2D eigenvalue weighted by molar-refractivity contribution is 7.90. The first-order chi connectivity index (χ1) is 16.4. The van der Waals surface area contributed by atoms with E-state index >= 15 is 0 Å². The lowest BCUT2D eigenvalue weighted by atomic mass is 9.91. The van der Waals surface area contributed by atoms with Crippen molar-refractivity contribution in [3.63, 3.8) is 0 Å². The topological polar surface area (TPSA) is 63.7 Å². The first kappa shape index (κ1) is 36.2. The molecule has 0 amide bonds. The number of carbonyl (C=O) groups excluding carboxylic acids is 1. The molecule has 0 aromatic carbocycles. The lowest BCUT2D eigenvalue weighted by molar-refractivity contribution is -0.458. The van der Waals surface area contributed by atoms with Crippen molar-refractivity contribution in [2.24, 2.45) is 0 Å². The average molecular weight is 627 g/mol. The van der Waals surface area contributed by atoms with Gasteiger partial charge in [-0.1, -0.05) is 6.92 Å². The maximum atomic E-state index is 14.2. The molecular formula is C15H14F17NO4S. The average Bonchev–Trinajstić information content (AvgIpc) is 2.72. The van der Waals surface area contributed by atoms with Gasteiger partial charge in [0.15, 0.2) is 0 Å². The van der Waals surface area contributed by atoms with Crippen molar-refractivity contribution in [3.05, 3.63) is 0 Å². The summed E-state index contributed by atoms with van der Waals surface area (Å²) in [4.78, 5) is 11.2. The Balaban J connectivity index is 6.85. The summed E-state index contributed by atoms with van der Waals surface area (Å²) in [5.74, 6) is -53.4. The van der Waals surface area contributed by atoms with E-state index < -0.39 is 93.4 Å². The SMILES string of the molecule is CCOC(=O)CCN(CC)S(=O)(=O)C(F)(F)C(F)(F)C(F)(F)C(F)(F)C(F)(F)C(F)(F)C(F)(F)C(F)(F)F. The van der Waals surface area contributed by atoms with E-state index in [9.17, 15) is 87.8 Å². The van der Waals surface area contributed by atoms with E-state index in [2.05, 4.69) is 4.74 Å². The molecule has 0 aliphatic carbocycles. The predicted molar refractivity (Wildman–Crippen MR) is 88.1 cm³/mol. The van der Waals surface area contributed by atoms with Gasteiger partial charge < -0.3 is 4.74 Å². The van der Waals surface area contributed by atoms with Gasteiger partial charge in [0.05, 0.1) is 13.0 Å². The standard InChI is InChI=1S/C15H14F17NO4S/c1-3-33(6-5-7(34)37-4-2)38(35,36)15(31,32)13(26,27)11(22,23)9(18,19)8(16,17)10(20,21)12(24,25)14(28,29)30/h3-6H2,1-2H3. The predicted octanol–water partition coefficient (Wildman–Crippen LogP) is 5.56. The largest absolute Gasteiger partial charge is 0.466 e. The molecule has 23 heteroatoms. The van der Waals surface area contributed by atoms with Gasteiger partial charge in [-0.25, -0.2) is 8.42 Å². The molecule has 0 heterocycles. The minimum atomic E-state index is -8.90. The molecule has 0 radical (unpaired) electrons. The molecule has 0 saturated carbocycles. The summed E-state index contributed by atoms with van der Waals surface area (Å²) in [5, 5.41) is -7.66. The van der Waals surface area contributed by atoms with Crippen molar-refractivity contribution in [3.8, 4) is 0 Å². The third-order valence-electron chi connectivity index (χ3n) is 4.58. The van der Waals surface area contributed by atoms with Crippen molar-refractivity contribution in [1.29, 1.82) is 0 Å². The fourth-order valence-electron chi connectivity index (χ4n) is 2.37. The number of esters is 1. The van der Waals surface area contributed by atoms with Gasteiger partial charge in [-0.05, 0) is 6.92 Å². The molecule has 38 heavy (non-hydrogen) atoms. The molecule has 0 saturated heterocycles. The molecule has 0 N–H and O–H groups in total. The number of halogens is 17. The molecule has 0 aromatic rings. The Labute approximate surface area is 200 Å². The second-order valence-corrected chi connectivity index (χ2v) is 8.99. The first-order valence-corrected chi connectivity index (χ1v) is 10.7. The molecule has 0 aliphatic heterocycles. The molecule has 5 nitrogen and oxygen atoms in total. The highest BCUT2D eigenvalue weighted by atomic mass is 32.2. The molecule has 0 atom stereocenters. The quantitative estimate of drug-likeness (QED) is 0.198. The molecular weight excluding hydrogens is 613 g/mol. The van der Waals surface area contributed by atoms with E-state index in [4.69, 9.17) is 0 Å². The smallest absolute Gasteiger partial charge is 0.460 e. The Morgan fingerprint density at radius 1 is 0.632 bits per heavy atom. The number of rotatable bonds is 13. The van der Waals surface area contributed by atoms with Crippen LogP contribution in [-0.4, -0.2) is 85.4 Å². The Morgan fingerprint density at radius 2 is 0.974 bits per heavy atom. The minimum absolute atomic E-state index is 0.417. The van der Waals surface area contributed by atoms with Crippen molar-refractivity contribution in [2.75, 3.05) is 19.7 Å². The van der Waals surface area contributed by atoms with Gasteiger partial charge >= 0.3 is 52.9 Å². The van der Waals surface area contributed by atoms with Crippen LogP contribution in [0.4, 0.5) is 74.6 Å². The molecule has 0 rings (SSSR count). The van der Waals surface area contributed by atoms with Crippen molar-refractivity contribution in [1.82, 2.24) is 4.31 Å². The van der Waals surface area contributed by atoms with E-state index in [-0.39, 0.29) is 0 Å². The number of alkyl halides is 17. The molecule has 0 aromatic heterocycles. The number of carbonyl (C=O) groups is 1. The normalized spacial score (nSPS) is 15.7. The second kappa shape index (κ2) is 10.3. The molecule has 0 spiro atoms. The van der Waals surface area contributed by atoms with E-state index in [1.54, 1.807) is 0 Å². The summed E-state index contributed by atoms with van der Waals surface area (Å²) in [6.07, 6.45) is -9.17. The zero-order chi connectivity index (χ0) is 31.2. The number of hydrogen-bond donors (Lipinski definition) is 0. The highest BCUT2D eigenvalue weighted by Gasteiger charge is 2.96. The van der Waals surface area contributed by atoms with Crippen LogP contribution >= 0.6 is 0 Å². The number of ether oxygens (including phenoxy) is 1. The zero-order valence-electron chi connectivity index (χ0n) is 18.2. The third-order valence-corrected chi connectivity index (χ3v) is 6.61. The Morgan fingerprint density at radius 3 is 1.29 bits per heavy atom. The van der Waals surface area contributed by atoms with Crippen LogP contribution in [0.25, 0.3) is 0 Å². The van der Waals surface area contributed by atoms with Gasteiger partial charge in [0, 0.05) is 13.1 Å². The molecule has 0 aliphatic rings. The second-order valence-electron chi connectivity index (χ2n) is 7.01. The summed E-state index contributed by atoms with van der Waals surface area (Å²) >= 11 is 0. The maximum absolute atomic E-state index is 14.2. The zero-order valence-corrected chi connectivity index (χ0v) is 19.1. The van der Waals surface area contributed by atoms with Crippen molar-refractivity contribution >= 4 is 16.0 Å². The van der Waals surface area contributed by atoms with Crippen LogP contribution in [0.3, 0.4) is 0 Å². The third kappa shape index (κ3) is 5.07. The van der Waals surface area contributed by atoms with E-state index in [0.717, 1.165) is 6.92 Å². The summed E-state index contributed by atoms with van der Waals surface area (Å²) in [7, 11) is -7.43. The van der Waals surface area contributed by atoms with Gasteiger partial charge in [-0.15, -0.1) is 0 Å². The van der Waals surface area contributed by atoms with Crippen LogP contribution in [0.15, 0.2) is 0 Å². The Hall–Kier alpha value is -1.81. The van der Waals surface area contributed by atoms with Crippen molar-refractivity contribution < 1.29 is 92.6 Å². The van der Waals surface area contributed by atoms with Crippen LogP contribution in [0.2, 0.25) is 0 Å². The van der Waals surface area contributed by atoms with Gasteiger partial charge in [0.2, 0.25) is 0 Å². The van der Waals surface area contributed by atoms with E-state index in [0.29, 0.717) is 6.92 Å². The van der Waals surface area contributed by atoms with E-state index in [1.807, 2.05) is 0 Å². The fraction of sp³-hybridized carbons (Fsp3) is 0.933. The Kier molecular flexibility index (Phi) is 9.81. The number of sulfonamides is 1.